The molecule has 0 saturated carbocycles. The quantitative estimate of drug-likeness (QED) is 0.809. The number of nitrogens with zero attached hydrogens (tertiary/aromatic N) is 1. The van der Waals surface area contributed by atoms with Crippen molar-refractivity contribution in [1.29, 1.82) is 0 Å². The van der Waals surface area contributed by atoms with Gasteiger partial charge in [-0.2, -0.15) is 8.42 Å². The summed E-state index contributed by atoms with van der Waals surface area (Å²) in [5.41, 5.74) is 1.05. The van der Waals surface area contributed by atoms with Crippen LogP contribution in [0.2, 0.25) is 0 Å². The van der Waals surface area contributed by atoms with Gasteiger partial charge in [0.1, 0.15) is 0 Å². The minimum Gasteiger partial charge on any atom is -0.345 e. The first-order valence-electron chi connectivity index (χ1n) is 5.48. The van der Waals surface area contributed by atoms with Crippen LogP contribution in [0.4, 0.5) is 0 Å². The minimum atomic E-state index is -3.41. The summed E-state index contributed by atoms with van der Waals surface area (Å²) >= 11 is 3.43. The van der Waals surface area contributed by atoms with Gasteiger partial charge in [-0.3, -0.25) is 4.18 Å². The van der Waals surface area contributed by atoms with E-state index in [2.05, 4.69) is 15.9 Å². The fraction of sp³-hybridized carbons (Fsp3) is 0.333. The predicted molar refractivity (Wildman–Crippen MR) is 75.0 cm³/mol. The first-order chi connectivity index (χ1) is 8.35. The lowest BCUT2D eigenvalue weighted by molar-refractivity contribution is 0.211. The van der Waals surface area contributed by atoms with Gasteiger partial charge in [0.2, 0.25) is 0 Å². The lowest BCUT2D eigenvalue weighted by Gasteiger charge is -2.13. The molecule has 0 spiro atoms. The third-order valence-electron chi connectivity index (χ3n) is 2.53. The lowest BCUT2D eigenvalue weighted by atomic mass is 10.2. The van der Waals surface area contributed by atoms with Crippen LogP contribution in [0.5, 0.6) is 0 Å². The minimum absolute atomic E-state index is 0.394. The van der Waals surface area contributed by atoms with E-state index in [-0.39, 0.29) is 0 Å². The molecule has 18 heavy (non-hydrogen) atoms. The molecule has 1 atom stereocenters. The Bertz CT molecular complexity index is 663. The molecule has 0 radical (unpaired) electrons. The Morgan fingerprint density at radius 3 is 2.78 bits per heavy atom. The molecule has 0 fully saturated rings. The highest BCUT2D eigenvalue weighted by atomic mass is 79.9. The second-order valence-corrected chi connectivity index (χ2v) is 6.80. The smallest absolute Gasteiger partial charge is 0.264 e. The molecule has 4 nitrogen and oxygen atoms in total. The van der Waals surface area contributed by atoms with Crippen LogP contribution >= 0.6 is 15.9 Å². The molecular weight excluding hydrogens is 318 g/mol. The van der Waals surface area contributed by atoms with E-state index >= 15 is 0 Å². The largest absolute Gasteiger partial charge is 0.345 e. The summed E-state index contributed by atoms with van der Waals surface area (Å²) in [5, 5.41) is 1.12. The third kappa shape index (κ3) is 3.34. The molecule has 6 heteroatoms. The second-order valence-electron chi connectivity index (χ2n) is 4.28. The van der Waals surface area contributed by atoms with Crippen LogP contribution in [0.3, 0.4) is 0 Å². The molecule has 0 unspecified atom stereocenters. The Labute approximate surface area is 115 Å². The molecule has 2 aromatic rings. The van der Waals surface area contributed by atoms with Crippen molar-refractivity contribution >= 4 is 37.0 Å². The van der Waals surface area contributed by atoms with Crippen LogP contribution in [0.1, 0.15) is 6.92 Å². The maximum absolute atomic E-state index is 11.0. The van der Waals surface area contributed by atoms with Crippen molar-refractivity contribution < 1.29 is 12.6 Å². The Morgan fingerprint density at radius 1 is 1.39 bits per heavy atom. The highest BCUT2D eigenvalue weighted by Gasteiger charge is 2.12. The van der Waals surface area contributed by atoms with E-state index in [1.807, 2.05) is 35.0 Å². The van der Waals surface area contributed by atoms with Crippen LogP contribution in [-0.4, -0.2) is 25.3 Å². The van der Waals surface area contributed by atoms with E-state index in [9.17, 15) is 8.42 Å². The Hall–Kier alpha value is -0.850. The average Bonchev–Trinajstić information content (AvgIpc) is 2.58. The molecule has 0 amide bonds. The van der Waals surface area contributed by atoms with Crippen molar-refractivity contribution in [3.8, 4) is 0 Å². The maximum Gasteiger partial charge on any atom is 0.264 e. The number of rotatable bonds is 4. The molecule has 1 aromatic heterocycles. The zero-order valence-corrected chi connectivity index (χ0v) is 12.5. The van der Waals surface area contributed by atoms with Crippen molar-refractivity contribution in [3.63, 3.8) is 0 Å². The van der Waals surface area contributed by atoms with Gasteiger partial charge in [-0.05, 0) is 30.5 Å². The Morgan fingerprint density at radius 2 is 2.11 bits per heavy atom. The number of benzene rings is 1. The summed E-state index contributed by atoms with van der Waals surface area (Å²) in [7, 11) is -3.41. The molecule has 2 rings (SSSR count). The van der Waals surface area contributed by atoms with Crippen LogP contribution in [0, 0.1) is 0 Å². The van der Waals surface area contributed by atoms with Gasteiger partial charge in [0.05, 0.1) is 18.9 Å². The molecule has 98 valence electrons. The molecule has 0 aliphatic heterocycles. The molecule has 0 N–H and O–H groups in total. The van der Waals surface area contributed by atoms with Gasteiger partial charge in [-0.1, -0.05) is 22.0 Å². The summed E-state index contributed by atoms with van der Waals surface area (Å²) in [6.07, 6.45) is 2.60. The summed E-state index contributed by atoms with van der Waals surface area (Å²) in [6, 6.07) is 7.98. The van der Waals surface area contributed by atoms with Crippen molar-refractivity contribution in [3.05, 3.63) is 34.9 Å². The zero-order valence-electron chi connectivity index (χ0n) is 10.1. The monoisotopic (exact) mass is 331 g/mol. The van der Waals surface area contributed by atoms with Gasteiger partial charge in [0.25, 0.3) is 10.1 Å². The van der Waals surface area contributed by atoms with E-state index < -0.39 is 16.2 Å². The lowest BCUT2D eigenvalue weighted by Crippen LogP contribution is -2.19. The predicted octanol–water partition coefficient (Wildman–Crippen LogP) is 2.77. The summed E-state index contributed by atoms with van der Waals surface area (Å²) in [4.78, 5) is 0. The van der Waals surface area contributed by atoms with E-state index in [0.717, 1.165) is 21.6 Å². The number of fused-ring (bicyclic) bond motifs is 1. The third-order valence-corrected chi connectivity index (χ3v) is 3.70. The highest BCUT2D eigenvalue weighted by molar-refractivity contribution is 9.10. The summed E-state index contributed by atoms with van der Waals surface area (Å²) in [6.45, 7) is 2.23. The van der Waals surface area contributed by atoms with Crippen LogP contribution < -0.4 is 0 Å². The van der Waals surface area contributed by atoms with E-state index in [1.54, 1.807) is 6.92 Å². The van der Waals surface area contributed by atoms with Gasteiger partial charge < -0.3 is 4.57 Å². The van der Waals surface area contributed by atoms with Gasteiger partial charge in [0.15, 0.2) is 0 Å². The molecular formula is C12H14BrNO3S. The highest BCUT2D eigenvalue weighted by Crippen LogP contribution is 2.21. The molecule has 1 heterocycles. The Balaban J connectivity index is 2.24. The maximum atomic E-state index is 11.0. The normalized spacial score (nSPS) is 13.9. The first kappa shape index (κ1) is 13.6. The number of halogens is 1. The van der Waals surface area contributed by atoms with E-state index in [1.165, 1.54) is 0 Å². The van der Waals surface area contributed by atoms with Crippen molar-refractivity contribution in [2.24, 2.45) is 0 Å². The van der Waals surface area contributed by atoms with Crippen LogP contribution in [0.25, 0.3) is 10.9 Å². The SMILES string of the molecule is C[C@H](Cn1ccc2ccc(Br)cc21)OS(C)(=O)=O. The van der Waals surface area contributed by atoms with E-state index in [4.69, 9.17) is 4.18 Å². The topological polar surface area (TPSA) is 48.3 Å². The molecule has 1 aromatic carbocycles. The van der Waals surface area contributed by atoms with Gasteiger partial charge >= 0.3 is 0 Å². The molecule has 0 bridgehead atoms. The average molecular weight is 332 g/mol. The van der Waals surface area contributed by atoms with Crippen molar-refractivity contribution in [2.75, 3.05) is 6.26 Å². The standard InChI is InChI=1S/C12H14BrNO3S/c1-9(17-18(2,15)16)8-14-6-5-10-3-4-11(13)7-12(10)14/h3-7,9H,8H2,1-2H3/t9-/m1/s1. The fourth-order valence-corrected chi connectivity index (χ4v) is 2.93. The molecule has 0 aliphatic carbocycles. The number of hydrogen-bond donors (Lipinski definition) is 0. The Kier molecular flexibility index (Phi) is 3.79. The number of aromatic nitrogens is 1. The summed E-state index contributed by atoms with van der Waals surface area (Å²) < 4.78 is 30.0. The van der Waals surface area contributed by atoms with Gasteiger partial charge in [0, 0.05) is 16.2 Å². The zero-order chi connectivity index (χ0) is 13.3. The van der Waals surface area contributed by atoms with Crippen molar-refractivity contribution in [2.45, 2.75) is 19.6 Å². The van der Waals surface area contributed by atoms with Crippen molar-refractivity contribution in [1.82, 2.24) is 4.57 Å². The summed E-state index contributed by atoms with van der Waals surface area (Å²) in [5.74, 6) is 0. The van der Waals surface area contributed by atoms with Crippen LogP contribution in [-0.2, 0) is 20.8 Å². The first-order valence-corrected chi connectivity index (χ1v) is 8.09. The van der Waals surface area contributed by atoms with Crippen LogP contribution in [0.15, 0.2) is 34.9 Å². The van der Waals surface area contributed by atoms with E-state index in [0.29, 0.717) is 6.54 Å². The molecule has 0 aliphatic rings. The van der Waals surface area contributed by atoms with Gasteiger partial charge in [-0.15, -0.1) is 0 Å². The second kappa shape index (κ2) is 5.03. The van der Waals surface area contributed by atoms with Gasteiger partial charge in [-0.25, -0.2) is 0 Å². The number of hydrogen-bond acceptors (Lipinski definition) is 3. The molecule has 0 saturated heterocycles. The fourth-order valence-electron chi connectivity index (χ4n) is 1.92.